The zero-order valence-corrected chi connectivity index (χ0v) is 15.9. The number of nitrogens with zero attached hydrogens (tertiary/aromatic N) is 2. The SMILES string of the molecule is CC(C)c1ccc(NC(=O)CSc2nc3ccsc3c(=O)n2C)cc1. The maximum absolute atomic E-state index is 12.3. The summed E-state index contributed by atoms with van der Waals surface area (Å²) >= 11 is 2.64. The van der Waals surface area contributed by atoms with Gasteiger partial charge in [-0.2, -0.15) is 0 Å². The number of thioether (sulfide) groups is 1. The van der Waals surface area contributed by atoms with Gasteiger partial charge < -0.3 is 5.32 Å². The lowest BCUT2D eigenvalue weighted by Gasteiger charge is -2.09. The molecule has 0 spiro atoms. The molecule has 1 N–H and O–H groups in total. The number of nitrogens with one attached hydrogen (secondary N) is 1. The van der Waals surface area contributed by atoms with Gasteiger partial charge in [0.05, 0.1) is 11.3 Å². The first-order chi connectivity index (χ1) is 12.0. The standard InChI is InChI=1S/C18H19N3O2S2/c1-11(2)12-4-6-13(7-5-12)19-15(22)10-25-18-20-14-8-9-24-16(14)17(23)21(18)3/h4-9,11H,10H2,1-3H3,(H,19,22). The van der Waals surface area contributed by atoms with Gasteiger partial charge in [0.1, 0.15) is 4.70 Å². The normalized spacial score (nSPS) is 11.2. The predicted molar refractivity (Wildman–Crippen MR) is 105 cm³/mol. The quantitative estimate of drug-likeness (QED) is 0.545. The van der Waals surface area contributed by atoms with Gasteiger partial charge >= 0.3 is 0 Å². The van der Waals surface area contributed by atoms with Crippen molar-refractivity contribution in [3.8, 4) is 0 Å². The zero-order valence-electron chi connectivity index (χ0n) is 14.3. The average molecular weight is 374 g/mol. The van der Waals surface area contributed by atoms with E-state index >= 15 is 0 Å². The van der Waals surface area contributed by atoms with Crippen LogP contribution in [-0.2, 0) is 11.8 Å². The van der Waals surface area contributed by atoms with E-state index in [9.17, 15) is 9.59 Å². The molecule has 25 heavy (non-hydrogen) atoms. The lowest BCUT2D eigenvalue weighted by Crippen LogP contribution is -2.20. The molecule has 0 saturated carbocycles. The third kappa shape index (κ3) is 3.93. The van der Waals surface area contributed by atoms with Crippen LogP contribution in [0.5, 0.6) is 0 Å². The minimum atomic E-state index is -0.123. The van der Waals surface area contributed by atoms with Crippen LogP contribution in [0, 0.1) is 0 Å². The summed E-state index contributed by atoms with van der Waals surface area (Å²) in [4.78, 5) is 28.9. The van der Waals surface area contributed by atoms with Crippen LogP contribution in [0.3, 0.4) is 0 Å². The molecular formula is C18H19N3O2S2. The first kappa shape index (κ1) is 17.7. The van der Waals surface area contributed by atoms with Crippen LogP contribution in [-0.4, -0.2) is 21.2 Å². The van der Waals surface area contributed by atoms with Crippen LogP contribution in [0.25, 0.3) is 10.2 Å². The number of hydrogen-bond donors (Lipinski definition) is 1. The smallest absolute Gasteiger partial charge is 0.271 e. The lowest BCUT2D eigenvalue weighted by atomic mass is 10.0. The molecule has 2 aromatic heterocycles. The Morgan fingerprint density at radius 2 is 2.00 bits per heavy atom. The molecule has 5 nitrogen and oxygen atoms in total. The van der Waals surface area contributed by atoms with Gasteiger partial charge in [0.25, 0.3) is 5.56 Å². The Labute approximate surface area is 154 Å². The van der Waals surface area contributed by atoms with Crippen molar-refractivity contribution in [2.45, 2.75) is 24.9 Å². The molecule has 0 aliphatic rings. The van der Waals surface area contributed by atoms with Crippen LogP contribution in [0.2, 0.25) is 0 Å². The Kier molecular flexibility index (Phi) is 5.24. The number of benzene rings is 1. The molecule has 130 valence electrons. The van der Waals surface area contributed by atoms with E-state index in [0.29, 0.717) is 21.3 Å². The average Bonchev–Trinajstić information content (AvgIpc) is 3.06. The highest BCUT2D eigenvalue weighted by atomic mass is 32.2. The summed E-state index contributed by atoms with van der Waals surface area (Å²) in [5.74, 6) is 0.531. The maximum atomic E-state index is 12.3. The van der Waals surface area contributed by atoms with E-state index < -0.39 is 0 Å². The number of fused-ring (bicyclic) bond motifs is 1. The number of carbonyl (C=O) groups is 1. The molecule has 0 radical (unpaired) electrons. The topological polar surface area (TPSA) is 64.0 Å². The summed E-state index contributed by atoms with van der Waals surface area (Å²) in [5, 5.41) is 5.26. The fraction of sp³-hybridized carbons (Fsp3) is 0.278. The summed E-state index contributed by atoms with van der Waals surface area (Å²) in [5.41, 5.74) is 2.60. The Hall–Kier alpha value is -2.12. The second-order valence-corrected chi connectivity index (χ2v) is 7.87. The van der Waals surface area contributed by atoms with Crippen LogP contribution in [0.1, 0.15) is 25.3 Å². The van der Waals surface area contributed by atoms with E-state index in [1.807, 2.05) is 35.7 Å². The summed E-state index contributed by atoms with van der Waals surface area (Å²) < 4.78 is 2.13. The van der Waals surface area contributed by atoms with Crippen LogP contribution >= 0.6 is 23.1 Å². The summed E-state index contributed by atoms with van der Waals surface area (Å²) in [6.45, 7) is 4.26. The third-order valence-electron chi connectivity index (χ3n) is 3.84. The Bertz CT molecular complexity index is 959. The fourth-order valence-corrected chi connectivity index (χ4v) is 3.95. The van der Waals surface area contributed by atoms with Gasteiger partial charge in [-0.05, 0) is 35.1 Å². The van der Waals surface area contributed by atoms with Crippen LogP contribution in [0.4, 0.5) is 5.69 Å². The molecule has 0 unspecified atom stereocenters. The van der Waals surface area contributed by atoms with Crippen molar-refractivity contribution in [2.75, 3.05) is 11.1 Å². The molecule has 2 heterocycles. The number of carbonyl (C=O) groups excluding carboxylic acids is 1. The van der Waals surface area contributed by atoms with E-state index in [1.54, 1.807) is 7.05 Å². The summed E-state index contributed by atoms with van der Waals surface area (Å²) in [6.07, 6.45) is 0. The maximum Gasteiger partial charge on any atom is 0.271 e. The van der Waals surface area contributed by atoms with Crippen LogP contribution in [0.15, 0.2) is 45.7 Å². The van der Waals surface area contributed by atoms with E-state index in [2.05, 4.69) is 24.1 Å². The number of anilines is 1. The fourth-order valence-electron chi connectivity index (χ4n) is 2.38. The second-order valence-electron chi connectivity index (χ2n) is 6.01. The highest BCUT2D eigenvalue weighted by Gasteiger charge is 2.12. The number of thiophene rings is 1. The largest absolute Gasteiger partial charge is 0.325 e. The van der Waals surface area contributed by atoms with E-state index in [-0.39, 0.29) is 17.2 Å². The first-order valence-electron chi connectivity index (χ1n) is 7.92. The molecule has 0 atom stereocenters. The zero-order chi connectivity index (χ0) is 18.0. The van der Waals surface area contributed by atoms with Crippen molar-refractivity contribution >= 4 is 44.9 Å². The van der Waals surface area contributed by atoms with Gasteiger partial charge in [-0.25, -0.2) is 4.98 Å². The van der Waals surface area contributed by atoms with Gasteiger partial charge in [0.2, 0.25) is 5.91 Å². The monoisotopic (exact) mass is 373 g/mol. The van der Waals surface area contributed by atoms with E-state index in [4.69, 9.17) is 0 Å². The lowest BCUT2D eigenvalue weighted by molar-refractivity contribution is -0.113. The van der Waals surface area contributed by atoms with E-state index in [1.165, 1.54) is 33.2 Å². The molecule has 1 amide bonds. The number of aromatic nitrogens is 2. The second kappa shape index (κ2) is 7.41. The highest BCUT2D eigenvalue weighted by molar-refractivity contribution is 7.99. The number of amides is 1. The molecule has 0 aliphatic carbocycles. The predicted octanol–water partition coefficient (Wildman–Crippen LogP) is 3.85. The minimum absolute atomic E-state index is 0.0767. The molecule has 0 saturated heterocycles. The molecule has 7 heteroatoms. The Morgan fingerprint density at radius 1 is 1.28 bits per heavy atom. The Morgan fingerprint density at radius 3 is 2.68 bits per heavy atom. The van der Waals surface area contributed by atoms with Gasteiger partial charge in [0, 0.05) is 12.7 Å². The highest BCUT2D eigenvalue weighted by Crippen LogP contribution is 2.21. The summed E-state index contributed by atoms with van der Waals surface area (Å²) in [7, 11) is 1.68. The van der Waals surface area contributed by atoms with E-state index in [0.717, 1.165) is 5.69 Å². The van der Waals surface area contributed by atoms with Gasteiger partial charge in [-0.15, -0.1) is 11.3 Å². The molecule has 0 aliphatic heterocycles. The summed E-state index contributed by atoms with van der Waals surface area (Å²) in [6, 6.07) is 9.67. The molecule has 1 aromatic carbocycles. The third-order valence-corrected chi connectivity index (χ3v) is 5.76. The molecular weight excluding hydrogens is 354 g/mol. The van der Waals surface area contributed by atoms with Crippen molar-refractivity contribution in [1.29, 1.82) is 0 Å². The van der Waals surface area contributed by atoms with Crippen molar-refractivity contribution < 1.29 is 4.79 Å². The molecule has 0 bridgehead atoms. The molecule has 3 rings (SSSR count). The minimum Gasteiger partial charge on any atom is -0.325 e. The van der Waals surface area contributed by atoms with Gasteiger partial charge in [0.15, 0.2) is 5.16 Å². The molecule has 3 aromatic rings. The van der Waals surface area contributed by atoms with Crippen molar-refractivity contribution in [1.82, 2.24) is 9.55 Å². The number of rotatable bonds is 5. The molecule has 0 fully saturated rings. The van der Waals surface area contributed by atoms with Gasteiger partial charge in [-0.1, -0.05) is 37.7 Å². The van der Waals surface area contributed by atoms with Crippen LogP contribution < -0.4 is 10.9 Å². The first-order valence-corrected chi connectivity index (χ1v) is 9.79. The van der Waals surface area contributed by atoms with Crippen molar-refractivity contribution in [3.63, 3.8) is 0 Å². The Balaban J connectivity index is 1.66. The van der Waals surface area contributed by atoms with Crippen molar-refractivity contribution in [3.05, 3.63) is 51.6 Å². The number of hydrogen-bond acceptors (Lipinski definition) is 5. The van der Waals surface area contributed by atoms with Gasteiger partial charge in [-0.3, -0.25) is 14.2 Å². The van der Waals surface area contributed by atoms with Crippen molar-refractivity contribution in [2.24, 2.45) is 7.05 Å².